The molecule has 1 fully saturated rings. The zero-order valence-electron chi connectivity index (χ0n) is 17.4. The molecule has 6 heteroatoms. The highest BCUT2D eigenvalue weighted by atomic mass is 16.5. The predicted octanol–water partition coefficient (Wildman–Crippen LogP) is 3.13. The molecular formula is C23H32N4O2. The van der Waals surface area contributed by atoms with Crippen molar-refractivity contribution in [3.8, 4) is 5.75 Å². The van der Waals surface area contributed by atoms with Gasteiger partial charge in [-0.2, -0.15) is 0 Å². The van der Waals surface area contributed by atoms with E-state index in [1.165, 1.54) is 24.8 Å². The average Bonchev–Trinajstić information content (AvgIpc) is 3.18. The second-order valence-electron chi connectivity index (χ2n) is 8.29. The van der Waals surface area contributed by atoms with Crippen LogP contribution in [0, 0.1) is 0 Å². The van der Waals surface area contributed by atoms with E-state index < -0.39 is 0 Å². The van der Waals surface area contributed by atoms with Crippen LogP contribution < -0.4 is 4.74 Å². The fourth-order valence-corrected chi connectivity index (χ4v) is 4.50. The van der Waals surface area contributed by atoms with E-state index in [-0.39, 0.29) is 5.91 Å². The largest absolute Gasteiger partial charge is 0.494 e. The minimum Gasteiger partial charge on any atom is -0.494 e. The summed E-state index contributed by atoms with van der Waals surface area (Å²) in [4.78, 5) is 21.9. The monoisotopic (exact) mass is 396 g/mol. The third-order valence-electron chi connectivity index (χ3n) is 6.12. The van der Waals surface area contributed by atoms with Gasteiger partial charge in [0.05, 0.1) is 12.9 Å². The van der Waals surface area contributed by atoms with Gasteiger partial charge in [-0.25, -0.2) is 4.98 Å². The fraction of sp³-hybridized carbons (Fsp3) is 0.565. The van der Waals surface area contributed by atoms with Crippen molar-refractivity contribution in [1.82, 2.24) is 19.4 Å². The molecule has 6 nitrogen and oxygen atoms in total. The molecule has 156 valence electrons. The molecule has 4 rings (SSSR count). The van der Waals surface area contributed by atoms with Crippen molar-refractivity contribution >= 4 is 5.91 Å². The molecule has 2 aliphatic heterocycles. The Kier molecular flexibility index (Phi) is 6.49. The third kappa shape index (κ3) is 5.18. The molecule has 0 aliphatic carbocycles. The highest BCUT2D eigenvalue weighted by molar-refractivity contribution is 5.92. The van der Waals surface area contributed by atoms with Crippen LogP contribution >= 0.6 is 0 Å². The maximum Gasteiger partial charge on any atom is 0.274 e. The molecule has 3 heterocycles. The number of imidazole rings is 1. The number of aryl methyl sites for hydroxylation is 2. The van der Waals surface area contributed by atoms with E-state index >= 15 is 0 Å². The lowest BCUT2D eigenvalue weighted by molar-refractivity contribution is 0.0677. The molecular weight excluding hydrogens is 364 g/mol. The van der Waals surface area contributed by atoms with Crippen molar-refractivity contribution in [1.29, 1.82) is 0 Å². The number of carbonyl (C=O) groups is 1. The van der Waals surface area contributed by atoms with Crippen molar-refractivity contribution in [2.24, 2.45) is 7.05 Å². The van der Waals surface area contributed by atoms with Crippen LogP contribution in [0.15, 0.2) is 36.8 Å². The van der Waals surface area contributed by atoms with Crippen LogP contribution in [0.25, 0.3) is 0 Å². The first-order valence-electron chi connectivity index (χ1n) is 10.9. The Morgan fingerprint density at radius 2 is 2.03 bits per heavy atom. The summed E-state index contributed by atoms with van der Waals surface area (Å²) in [6.45, 7) is 4.12. The molecule has 2 aliphatic rings. The molecule has 0 N–H and O–H groups in total. The lowest BCUT2D eigenvalue weighted by Crippen LogP contribution is -2.45. The quantitative estimate of drug-likeness (QED) is 0.743. The van der Waals surface area contributed by atoms with E-state index in [0.29, 0.717) is 24.9 Å². The number of fused-ring (bicyclic) bond motifs is 3. The molecule has 1 amide bonds. The van der Waals surface area contributed by atoms with Crippen molar-refractivity contribution in [3.05, 3.63) is 48.0 Å². The number of piperidine rings is 1. The molecule has 1 aromatic heterocycles. The first kappa shape index (κ1) is 20.0. The minimum atomic E-state index is 0.0215. The second-order valence-corrected chi connectivity index (χ2v) is 8.29. The molecule has 0 radical (unpaired) electrons. The fourth-order valence-electron chi connectivity index (χ4n) is 4.50. The first-order valence-corrected chi connectivity index (χ1v) is 10.9. The van der Waals surface area contributed by atoms with Crippen LogP contribution in [0.1, 0.15) is 48.2 Å². The average molecular weight is 397 g/mol. The third-order valence-corrected chi connectivity index (χ3v) is 6.12. The van der Waals surface area contributed by atoms with Crippen molar-refractivity contribution in [2.45, 2.75) is 44.6 Å². The summed E-state index contributed by atoms with van der Waals surface area (Å²) < 4.78 is 7.80. The Hall–Kier alpha value is -2.34. The normalized spacial score (nSPS) is 21.7. The summed E-state index contributed by atoms with van der Waals surface area (Å²) in [6, 6.07) is 9.10. The summed E-state index contributed by atoms with van der Waals surface area (Å²) in [5.41, 5.74) is 1.88. The molecule has 0 saturated carbocycles. The molecule has 1 aromatic carbocycles. The standard InChI is InChI=1S/C23H32N4O2/c1-25-17-22(24-18-25)23(28)27-12-5-15-29-21-8-4-6-19(16-21)9-10-20-7-2-3-11-26(20)13-14-27/h4,6,8,16-18,20H,2-3,5,7,9-15H2,1H3. The van der Waals surface area contributed by atoms with E-state index in [9.17, 15) is 4.79 Å². The number of hydrogen-bond donors (Lipinski definition) is 0. The lowest BCUT2D eigenvalue weighted by Gasteiger charge is -2.37. The smallest absolute Gasteiger partial charge is 0.274 e. The Bertz CT molecular complexity index is 819. The van der Waals surface area contributed by atoms with Crippen LogP contribution in [0.4, 0.5) is 0 Å². The number of rotatable bonds is 1. The predicted molar refractivity (Wildman–Crippen MR) is 113 cm³/mol. The maximum absolute atomic E-state index is 13.0. The lowest BCUT2D eigenvalue weighted by atomic mass is 9.95. The van der Waals surface area contributed by atoms with Gasteiger partial charge >= 0.3 is 0 Å². The molecule has 2 aromatic rings. The van der Waals surface area contributed by atoms with Crippen LogP contribution in [0.5, 0.6) is 5.75 Å². The van der Waals surface area contributed by atoms with E-state index in [0.717, 1.165) is 44.6 Å². The van der Waals surface area contributed by atoms with Gasteiger partial charge in [-0.1, -0.05) is 18.6 Å². The summed E-state index contributed by atoms with van der Waals surface area (Å²) in [5, 5.41) is 0. The van der Waals surface area contributed by atoms with Gasteiger partial charge in [0.15, 0.2) is 0 Å². The SMILES string of the molecule is Cn1cnc(C(=O)N2CCCOc3cccc(c3)CCC3CCCCN3CC2)c1. The van der Waals surface area contributed by atoms with Gasteiger partial charge in [0, 0.05) is 38.9 Å². The van der Waals surface area contributed by atoms with Gasteiger partial charge in [-0.3, -0.25) is 9.69 Å². The Morgan fingerprint density at radius 3 is 2.90 bits per heavy atom. The number of benzene rings is 1. The van der Waals surface area contributed by atoms with E-state index in [4.69, 9.17) is 4.74 Å². The van der Waals surface area contributed by atoms with E-state index in [1.807, 2.05) is 22.6 Å². The number of ether oxygens (including phenoxy) is 1. The van der Waals surface area contributed by atoms with Crippen LogP contribution in [0.2, 0.25) is 0 Å². The van der Waals surface area contributed by atoms with Crippen LogP contribution in [-0.2, 0) is 13.5 Å². The number of aromatic nitrogens is 2. The summed E-state index contributed by atoms with van der Waals surface area (Å²) >= 11 is 0. The second kappa shape index (κ2) is 9.44. The highest BCUT2D eigenvalue weighted by Gasteiger charge is 2.25. The molecule has 1 saturated heterocycles. The Balaban J connectivity index is 1.51. The maximum atomic E-state index is 13.0. The number of carbonyl (C=O) groups excluding carboxylic acids is 1. The first-order chi connectivity index (χ1) is 14.2. The van der Waals surface area contributed by atoms with Gasteiger partial charge < -0.3 is 14.2 Å². The zero-order valence-corrected chi connectivity index (χ0v) is 17.4. The highest BCUT2D eigenvalue weighted by Crippen LogP contribution is 2.23. The molecule has 2 bridgehead atoms. The van der Waals surface area contributed by atoms with E-state index in [2.05, 4.69) is 28.1 Å². The number of hydrogen-bond acceptors (Lipinski definition) is 4. The van der Waals surface area contributed by atoms with E-state index in [1.54, 1.807) is 12.5 Å². The number of nitrogens with zero attached hydrogens (tertiary/aromatic N) is 4. The number of amides is 1. The van der Waals surface area contributed by atoms with Gasteiger partial charge in [-0.05, 0) is 56.3 Å². The summed E-state index contributed by atoms with van der Waals surface area (Å²) in [5.74, 6) is 0.955. The van der Waals surface area contributed by atoms with Crippen LogP contribution in [-0.4, -0.2) is 64.1 Å². The summed E-state index contributed by atoms with van der Waals surface area (Å²) in [7, 11) is 1.90. The van der Waals surface area contributed by atoms with Crippen molar-refractivity contribution in [3.63, 3.8) is 0 Å². The summed E-state index contributed by atoms with van der Waals surface area (Å²) in [6.07, 6.45) is 10.4. The Labute approximate surface area is 173 Å². The Morgan fingerprint density at radius 1 is 1.10 bits per heavy atom. The molecule has 1 atom stereocenters. The van der Waals surface area contributed by atoms with Crippen molar-refractivity contribution in [2.75, 3.05) is 32.8 Å². The molecule has 1 unspecified atom stereocenters. The van der Waals surface area contributed by atoms with Gasteiger partial charge in [0.2, 0.25) is 0 Å². The molecule has 29 heavy (non-hydrogen) atoms. The minimum absolute atomic E-state index is 0.0215. The molecule has 0 spiro atoms. The van der Waals surface area contributed by atoms with Crippen LogP contribution in [0.3, 0.4) is 0 Å². The van der Waals surface area contributed by atoms with Gasteiger partial charge in [0.25, 0.3) is 5.91 Å². The zero-order chi connectivity index (χ0) is 20.1. The van der Waals surface area contributed by atoms with Gasteiger partial charge in [0.1, 0.15) is 11.4 Å². The van der Waals surface area contributed by atoms with Gasteiger partial charge in [-0.15, -0.1) is 0 Å². The topological polar surface area (TPSA) is 50.6 Å². The van der Waals surface area contributed by atoms with Crippen molar-refractivity contribution < 1.29 is 9.53 Å².